The van der Waals surface area contributed by atoms with Gasteiger partial charge < -0.3 is 10.5 Å². The van der Waals surface area contributed by atoms with Gasteiger partial charge in [-0.05, 0) is 30.5 Å². The molecule has 0 aliphatic carbocycles. The third-order valence-electron chi connectivity index (χ3n) is 2.79. The monoisotopic (exact) mass is 319 g/mol. The number of ether oxygens (including phenoxy) is 1. The average molecular weight is 320 g/mol. The summed E-state index contributed by atoms with van der Waals surface area (Å²) in [4.78, 5) is 0.207. The van der Waals surface area contributed by atoms with Crippen molar-refractivity contribution in [1.29, 1.82) is 0 Å². The van der Waals surface area contributed by atoms with E-state index in [4.69, 9.17) is 10.5 Å². The van der Waals surface area contributed by atoms with Gasteiger partial charge in [-0.3, -0.25) is 0 Å². The van der Waals surface area contributed by atoms with Crippen LogP contribution in [0.1, 0.15) is 6.42 Å². The zero-order valence-electron chi connectivity index (χ0n) is 9.23. The average Bonchev–Trinajstić information content (AvgIpc) is 2.73. The standard InChI is InChI=1S/C11H14BrNO3S/c12-9-1-2-10(13)11(5-9)17(14,15)7-8-3-4-16-6-8/h1-2,5,8H,3-4,6-7,13H2. The summed E-state index contributed by atoms with van der Waals surface area (Å²) in [7, 11) is -3.33. The van der Waals surface area contributed by atoms with Crippen LogP contribution in [0.25, 0.3) is 0 Å². The van der Waals surface area contributed by atoms with Gasteiger partial charge >= 0.3 is 0 Å². The number of benzene rings is 1. The molecule has 6 heteroatoms. The van der Waals surface area contributed by atoms with Crippen LogP contribution in [0.15, 0.2) is 27.6 Å². The maximum absolute atomic E-state index is 12.2. The van der Waals surface area contributed by atoms with Crippen LogP contribution in [0, 0.1) is 5.92 Å². The number of halogens is 1. The van der Waals surface area contributed by atoms with E-state index < -0.39 is 9.84 Å². The molecule has 0 aromatic heterocycles. The lowest BCUT2D eigenvalue weighted by molar-refractivity contribution is 0.188. The molecule has 1 aliphatic heterocycles. The van der Waals surface area contributed by atoms with Crippen molar-refractivity contribution >= 4 is 31.5 Å². The summed E-state index contributed by atoms with van der Waals surface area (Å²) in [6.45, 7) is 1.17. The molecule has 0 spiro atoms. The van der Waals surface area contributed by atoms with Gasteiger partial charge in [-0.25, -0.2) is 8.42 Å². The highest BCUT2D eigenvalue weighted by atomic mass is 79.9. The molecule has 0 radical (unpaired) electrons. The lowest BCUT2D eigenvalue weighted by Gasteiger charge is -2.11. The van der Waals surface area contributed by atoms with Crippen molar-refractivity contribution in [2.45, 2.75) is 11.3 Å². The highest BCUT2D eigenvalue weighted by Crippen LogP contribution is 2.26. The first-order chi connectivity index (χ1) is 7.99. The third kappa shape index (κ3) is 3.00. The van der Waals surface area contributed by atoms with Crippen LogP contribution >= 0.6 is 15.9 Å². The summed E-state index contributed by atoms with van der Waals surface area (Å²) in [6.07, 6.45) is 0.799. The summed E-state index contributed by atoms with van der Waals surface area (Å²) < 4.78 is 30.3. The van der Waals surface area contributed by atoms with Gasteiger partial charge in [0.15, 0.2) is 9.84 Å². The Kier molecular flexibility index (Phi) is 3.75. The van der Waals surface area contributed by atoms with Crippen molar-refractivity contribution < 1.29 is 13.2 Å². The summed E-state index contributed by atoms with van der Waals surface area (Å²) in [5.41, 5.74) is 6.02. The molecule has 1 fully saturated rings. The Morgan fingerprint density at radius 3 is 2.88 bits per heavy atom. The molecule has 0 amide bonds. The van der Waals surface area contributed by atoms with Crippen LogP contribution in [0.3, 0.4) is 0 Å². The third-order valence-corrected chi connectivity index (χ3v) is 5.22. The molecule has 1 atom stereocenters. The maximum atomic E-state index is 12.2. The number of anilines is 1. The van der Waals surface area contributed by atoms with Crippen LogP contribution in [-0.4, -0.2) is 27.4 Å². The first-order valence-electron chi connectivity index (χ1n) is 5.34. The molecule has 1 heterocycles. The number of nitrogen functional groups attached to an aromatic ring is 1. The van der Waals surface area contributed by atoms with Gasteiger partial charge in [0.1, 0.15) is 0 Å². The van der Waals surface area contributed by atoms with E-state index in [0.29, 0.717) is 23.4 Å². The summed E-state index contributed by atoms with van der Waals surface area (Å²) in [5.74, 6) is 0.187. The Labute approximate surface area is 109 Å². The first kappa shape index (κ1) is 12.9. The normalized spacial score (nSPS) is 20.6. The highest BCUT2D eigenvalue weighted by Gasteiger charge is 2.26. The minimum absolute atomic E-state index is 0.0818. The molecular weight excluding hydrogens is 306 g/mol. The Bertz CT molecular complexity index is 509. The fourth-order valence-electron chi connectivity index (χ4n) is 1.89. The largest absolute Gasteiger partial charge is 0.398 e. The van der Waals surface area contributed by atoms with E-state index in [9.17, 15) is 8.42 Å². The lowest BCUT2D eigenvalue weighted by Crippen LogP contribution is -2.17. The molecule has 17 heavy (non-hydrogen) atoms. The Morgan fingerprint density at radius 2 is 2.24 bits per heavy atom. The molecule has 1 aromatic carbocycles. The van der Waals surface area contributed by atoms with E-state index in [2.05, 4.69) is 15.9 Å². The lowest BCUT2D eigenvalue weighted by atomic mass is 10.2. The molecule has 2 rings (SSSR count). The Morgan fingerprint density at radius 1 is 1.47 bits per heavy atom. The minimum Gasteiger partial charge on any atom is -0.398 e. The predicted molar refractivity (Wildman–Crippen MR) is 69.5 cm³/mol. The molecule has 94 valence electrons. The molecule has 1 saturated heterocycles. The van der Waals surface area contributed by atoms with E-state index in [0.717, 1.165) is 6.42 Å². The second-order valence-corrected chi connectivity index (χ2v) is 7.11. The van der Waals surface area contributed by atoms with Crippen LogP contribution in [0.4, 0.5) is 5.69 Å². The molecule has 0 saturated carbocycles. The van der Waals surface area contributed by atoms with Gasteiger partial charge in [0.05, 0.1) is 22.9 Å². The minimum atomic E-state index is -3.33. The van der Waals surface area contributed by atoms with E-state index in [-0.39, 0.29) is 16.6 Å². The van der Waals surface area contributed by atoms with Gasteiger partial charge in [-0.15, -0.1) is 0 Å². The molecule has 0 bridgehead atoms. The molecule has 1 aliphatic rings. The van der Waals surface area contributed by atoms with Gasteiger partial charge in [-0.1, -0.05) is 15.9 Å². The zero-order valence-corrected chi connectivity index (χ0v) is 11.6. The second-order valence-electron chi connectivity index (χ2n) is 4.19. The van der Waals surface area contributed by atoms with E-state index >= 15 is 0 Å². The van der Waals surface area contributed by atoms with Crippen LogP contribution in [0.2, 0.25) is 0 Å². The van der Waals surface area contributed by atoms with Crippen molar-refractivity contribution in [3.05, 3.63) is 22.7 Å². The van der Waals surface area contributed by atoms with Crippen molar-refractivity contribution in [3.8, 4) is 0 Å². The van der Waals surface area contributed by atoms with Crippen molar-refractivity contribution in [2.24, 2.45) is 5.92 Å². The fraction of sp³-hybridized carbons (Fsp3) is 0.455. The highest BCUT2D eigenvalue weighted by molar-refractivity contribution is 9.10. The SMILES string of the molecule is Nc1ccc(Br)cc1S(=O)(=O)CC1CCOC1. The second kappa shape index (κ2) is 4.96. The van der Waals surface area contributed by atoms with E-state index in [1.165, 1.54) is 0 Å². The topological polar surface area (TPSA) is 69.4 Å². The fourth-order valence-corrected chi connectivity index (χ4v) is 4.20. The molecule has 2 N–H and O–H groups in total. The molecule has 1 aromatic rings. The van der Waals surface area contributed by atoms with Crippen molar-refractivity contribution in [1.82, 2.24) is 0 Å². The van der Waals surface area contributed by atoms with E-state index in [1.54, 1.807) is 18.2 Å². The number of nitrogens with two attached hydrogens (primary N) is 1. The first-order valence-corrected chi connectivity index (χ1v) is 7.79. The predicted octanol–water partition coefficient (Wildman–Crippen LogP) is 1.84. The number of hydrogen-bond acceptors (Lipinski definition) is 4. The molecule has 4 nitrogen and oxygen atoms in total. The number of sulfone groups is 1. The Hall–Kier alpha value is -0.590. The smallest absolute Gasteiger partial charge is 0.180 e. The summed E-state index contributed by atoms with van der Waals surface area (Å²) >= 11 is 3.26. The van der Waals surface area contributed by atoms with Crippen molar-refractivity contribution in [2.75, 3.05) is 24.7 Å². The van der Waals surface area contributed by atoms with Crippen LogP contribution in [0.5, 0.6) is 0 Å². The number of hydrogen-bond donors (Lipinski definition) is 1. The van der Waals surface area contributed by atoms with E-state index in [1.807, 2.05) is 0 Å². The zero-order chi connectivity index (χ0) is 12.5. The van der Waals surface area contributed by atoms with Gasteiger partial charge in [0.2, 0.25) is 0 Å². The van der Waals surface area contributed by atoms with Crippen LogP contribution in [-0.2, 0) is 14.6 Å². The Balaban J connectivity index is 2.27. The van der Waals surface area contributed by atoms with Crippen LogP contribution < -0.4 is 5.73 Å². The van der Waals surface area contributed by atoms with Gasteiger partial charge in [-0.2, -0.15) is 0 Å². The number of rotatable bonds is 3. The quantitative estimate of drug-likeness (QED) is 0.863. The summed E-state index contributed by atoms with van der Waals surface area (Å²) in [5, 5.41) is 0. The van der Waals surface area contributed by atoms with Crippen molar-refractivity contribution in [3.63, 3.8) is 0 Å². The van der Waals surface area contributed by atoms with Gasteiger partial charge in [0, 0.05) is 11.1 Å². The summed E-state index contributed by atoms with van der Waals surface area (Å²) in [6, 6.07) is 4.88. The van der Waals surface area contributed by atoms with Gasteiger partial charge in [0.25, 0.3) is 0 Å². The molecular formula is C11H14BrNO3S. The molecule has 1 unspecified atom stereocenters. The maximum Gasteiger partial charge on any atom is 0.180 e.